The third-order valence-corrected chi connectivity index (χ3v) is 5.85. The number of fused-ring (bicyclic) bond motifs is 3. The monoisotopic (exact) mass is 451 g/mol. The highest BCUT2D eigenvalue weighted by molar-refractivity contribution is 5.88. The molecule has 0 heterocycles. The summed E-state index contributed by atoms with van der Waals surface area (Å²) in [5.74, 6) is -0.236. The van der Waals surface area contributed by atoms with Crippen molar-refractivity contribution in [3.63, 3.8) is 0 Å². The van der Waals surface area contributed by atoms with Crippen molar-refractivity contribution in [1.29, 1.82) is 0 Å². The van der Waals surface area contributed by atoms with Crippen molar-refractivity contribution in [2.75, 3.05) is 6.54 Å². The lowest BCUT2D eigenvalue weighted by Gasteiger charge is -2.24. The maximum Gasteiger partial charge on any atom is 0.418 e. The van der Waals surface area contributed by atoms with Crippen LogP contribution < -0.4 is 11.1 Å². The number of carbonyl (C=O) groups is 2. The van der Waals surface area contributed by atoms with Gasteiger partial charge >= 0.3 is 12.6 Å². The van der Waals surface area contributed by atoms with E-state index in [1.54, 1.807) is 13.8 Å². The van der Waals surface area contributed by atoms with Gasteiger partial charge in [0.2, 0.25) is 0 Å². The van der Waals surface area contributed by atoms with Gasteiger partial charge in [-0.3, -0.25) is 4.79 Å². The predicted octanol–water partition coefficient (Wildman–Crippen LogP) is 3.80. The first-order chi connectivity index (χ1) is 15.8. The number of nitrogens with two attached hydrogens (primary N) is 1. The molecule has 0 bridgehead atoms. The summed E-state index contributed by atoms with van der Waals surface area (Å²) in [6, 6.07) is 13.5. The number of rotatable bonds is 12. The quantitative estimate of drug-likeness (QED) is 0.406. The van der Waals surface area contributed by atoms with E-state index in [9.17, 15) is 14.4 Å². The number of unbranched alkanes of at least 4 members (excludes halogenated alkanes) is 1. The van der Waals surface area contributed by atoms with Crippen molar-refractivity contribution in [2.45, 2.75) is 64.2 Å². The topological polar surface area (TPSA) is 108 Å². The van der Waals surface area contributed by atoms with E-state index < -0.39 is 17.7 Å². The van der Waals surface area contributed by atoms with E-state index in [2.05, 4.69) is 23.5 Å². The highest BCUT2D eigenvalue weighted by atomic mass is 16.5. The second kappa shape index (κ2) is 11.1. The van der Waals surface area contributed by atoms with Crippen LogP contribution in [0.15, 0.2) is 42.5 Å². The van der Waals surface area contributed by atoms with Crippen molar-refractivity contribution < 1.29 is 23.9 Å². The number of carbonyl (C=O) groups excluding carboxylic acids is 3. The van der Waals surface area contributed by atoms with Gasteiger partial charge in [-0.25, -0.2) is 9.59 Å². The number of ketones is 1. The molecule has 2 aromatic rings. The van der Waals surface area contributed by atoms with Gasteiger partial charge in [-0.2, -0.15) is 0 Å². The van der Waals surface area contributed by atoms with Crippen molar-refractivity contribution in [2.24, 2.45) is 5.73 Å². The maximum absolute atomic E-state index is 12.8. The molecule has 1 atom stereocenters. The summed E-state index contributed by atoms with van der Waals surface area (Å²) in [4.78, 5) is 35.9. The number of ether oxygens (including phenoxy) is 2. The fraction of sp³-hybridized carbons (Fsp3) is 0.423. The van der Waals surface area contributed by atoms with Gasteiger partial charge in [-0.05, 0) is 73.9 Å². The summed E-state index contributed by atoms with van der Waals surface area (Å²) < 4.78 is 10.4. The van der Waals surface area contributed by atoms with Crippen LogP contribution >= 0.6 is 0 Å². The van der Waals surface area contributed by atoms with Crippen LogP contribution in [-0.2, 0) is 32.1 Å². The van der Waals surface area contributed by atoms with Crippen LogP contribution in [0.3, 0.4) is 0 Å². The molecule has 0 aromatic heterocycles. The average molecular weight is 452 g/mol. The van der Waals surface area contributed by atoms with Gasteiger partial charge in [0.05, 0.1) is 6.04 Å². The van der Waals surface area contributed by atoms with E-state index in [-0.39, 0.29) is 18.8 Å². The van der Waals surface area contributed by atoms with Crippen LogP contribution in [0.4, 0.5) is 4.79 Å². The molecule has 7 nitrogen and oxygen atoms in total. The zero-order valence-electron chi connectivity index (χ0n) is 19.2. The third-order valence-electron chi connectivity index (χ3n) is 5.85. The van der Waals surface area contributed by atoms with E-state index in [0.29, 0.717) is 19.4 Å². The molecular weight excluding hydrogens is 420 g/mol. The van der Waals surface area contributed by atoms with Crippen LogP contribution in [0.5, 0.6) is 0 Å². The minimum atomic E-state index is -1.00. The van der Waals surface area contributed by atoms with Gasteiger partial charge in [0.1, 0.15) is 12.2 Å². The molecule has 7 heteroatoms. The molecule has 1 aliphatic carbocycles. The van der Waals surface area contributed by atoms with Crippen molar-refractivity contribution in [1.82, 2.24) is 5.32 Å². The van der Waals surface area contributed by atoms with E-state index in [1.807, 2.05) is 24.3 Å². The summed E-state index contributed by atoms with van der Waals surface area (Å²) in [7, 11) is 0. The standard InChI is InChI=1S/C26H31N2O5/c1-26(2,33-17-29)15-24(30)23(12-5-6-13-27)28-25(31)32-16-19-9-7-11-21-20-10-4-3-8-18(20)14-22(19)21/h3-4,7-11,23H,5-6,12-16,27H2,1-2H3,(H,28,31). The molecule has 0 fully saturated rings. The number of benzene rings is 2. The Balaban J connectivity index is 1.62. The Morgan fingerprint density at radius 3 is 2.64 bits per heavy atom. The molecule has 1 unspecified atom stereocenters. The average Bonchev–Trinajstić information content (AvgIpc) is 3.16. The lowest BCUT2D eigenvalue weighted by atomic mass is 9.95. The number of Topliss-reactive ketones (excluding diaryl/α,β-unsaturated/α-hetero) is 1. The van der Waals surface area contributed by atoms with Gasteiger partial charge < -0.3 is 20.5 Å². The maximum atomic E-state index is 12.8. The number of hydrogen-bond acceptors (Lipinski definition) is 6. The van der Waals surface area contributed by atoms with Crippen LogP contribution in [0.25, 0.3) is 11.1 Å². The zero-order chi connectivity index (χ0) is 23.8. The molecule has 1 aliphatic rings. The molecule has 0 saturated heterocycles. The summed E-state index contributed by atoms with van der Waals surface area (Å²) in [5, 5.41) is 2.69. The molecule has 33 heavy (non-hydrogen) atoms. The first-order valence-corrected chi connectivity index (χ1v) is 11.2. The fourth-order valence-corrected chi connectivity index (χ4v) is 4.18. The third kappa shape index (κ3) is 6.42. The molecular formula is C26H31N2O5. The number of amides is 1. The van der Waals surface area contributed by atoms with E-state index in [4.69, 9.17) is 15.2 Å². The first kappa shape index (κ1) is 24.5. The van der Waals surface area contributed by atoms with Gasteiger partial charge in [0, 0.05) is 6.42 Å². The molecule has 2 aromatic carbocycles. The van der Waals surface area contributed by atoms with Crippen molar-refractivity contribution in [3.8, 4) is 11.1 Å². The largest absolute Gasteiger partial charge is 0.451 e. The Morgan fingerprint density at radius 2 is 1.88 bits per heavy atom. The second-order valence-corrected chi connectivity index (χ2v) is 8.92. The molecule has 175 valence electrons. The molecule has 0 aliphatic heterocycles. The first-order valence-electron chi connectivity index (χ1n) is 11.2. The lowest BCUT2D eigenvalue weighted by molar-refractivity contribution is -0.124. The Hall–Kier alpha value is -3.19. The van der Waals surface area contributed by atoms with Gasteiger partial charge in [-0.15, -0.1) is 0 Å². The summed E-state index contributed by atoms with van der Waals surface area (Å²) in [6.45, 7) is 5.24. The van der Waals surface area contributed by atoms with E-state index >= 15 is 0 Å². The minimum absolute atomic E-state index is 0.0414. The summed E-state index contributed by atoms with van der Waals surface area (Å²) in [6.07, 6.45) is 1.95. The number of alkyl carbamates (subject to hydrolysis) is 1. The Labute approximate surface area is 194 Å². The molecule has 1 amide bonds. The SMILES string of the molecule is CC(C)(CC(=O)C(CCCCN)NC(=O)OCc1cccc2c1Cc1ccccc1-2)O[C]=O. The summed E-state index contributed by atoms with van der Waals surface area (Å²) in [5.41, 5.74) is 10.3. The Kier molecular flexibility index (Phi) is 8.22. The van der Waals surface area contributed by atoms with Crippen LogP contribution in [-0.4, -0.2) is 36.5 Å². The summed E-state index contributed by atoms with van der Waals surface area (Å²) >= 11 is 0. The molecule has 0 spiro atoms. The van der Waals surface area contributed by atoms with Crippen LogP contribution in [0.2, 0.25) is 0 Å². The number of nitrogens with one attached hydrogen (secondary N) is 1. The highest BCUT2D eigenvalue weighted by Crippen LogP contribution is 2.38. The van der Waals surface area contributed by atoms with E-state index in [1.165, 1.54) is 17.6 Å². The van der Waals surface area contributed by atoms with E-state index in [0.717, 1.165) is 29.5 Å². The van der Waals surface area contributed by atoms with Crippen molar-refractivity contribution in [3.05, 3.63) is 59.2 Å². The smallest absolute Gasteiger partial charge is 0.418 e. The van der Waals surface area contributed by atoms with Gasteiger partial charge in [0.15, 0.2) is 5.78 Å². The molecule has 0 saturated carbocycles. The number of hydrogen-bond donors (Lipinski definition) is 2. The van der Waals surface area contributed by atoms with Crippen LogP contribution in [0.1, 0.15) is 56.2 Å². The lowest BCUT2D eigenvalue weighted by Crippen LogP contribution is -2.44. The fourth-order valence-electron chi connectivity index (χ4n) is 4.18. The predicted molar refractivity (Wildman–Crippen MR) is 125 cm³/mol. The Bertz CT molecular complexity index is 1000. The van der Waals surface area contributed by atoms with Crippen molar-refractivity contribution >= 4 is 18.3 Å². The minimum Gasteiger partial charge on any atom is -0.451 e. The highest BCUT2D eigenvalue weighted by Gasteiger charge is 2.30. The van der Waals surface area contributed by atoms with Gasteiger partial charge in [-0.1, -0.05) is 42.5 Å². The second-order valence-electron chi connectivity index (χ2n) is 8.92. The zero-order valence-corrected chi connectivity index (χ0v) is 19.2. The van der Waals surface area contributed by atoms with Gasteiger partial charge in [0.25, 0.3) is 0 Å². The Morgan fingerprint density at radius 1 is 1.12 bits per heavy atom. The molecule has 3 rings (SSSR count). The molecule has 1 radical (unpaired) electrons. The molecule has 3 N–H and O–H groups in total. The van der Waals surface area contributed by atoms with Crippen LogP contribution in [0, 0.1) is 0 Å². The normalized spacial score (nSPS) is 12.9.